The fourth-order valence-corrected chi connectivity index (χ4v) is 2.25. The molecular weight excluding hydrogens is 238 g/mol. The summed E-state index contributed by atoms with van der Waals surface area (Å²) in [6.45, 7) is 4.11. The predicted molar refractivity (Wildman–Crippen MR) is 77.2 cm³/mol. The second-order valence-electron chi connectivity index (χ2n) is 5.00. The summed E-state index contributed by atoms with van der Waals surface area (Å²) >= 11 is 0. The van der Waals surface area contributed by atoms with E-state index in [2.05, 4.69) is 47.0 Å². The number of hydrogen-bond acceptors (Lipinski definition) is 3. The highest BCUT2D eigenvalue weighted by molar-refractivity contribution is 5.94. The molecule has 2 heterocycles. The molecule has 0 saturated carbocycles. The summed E-state index contributed by atoms with van der Waals surface area (Å²) in [5.74, 6) is 0.792. The molecular formula is C15H17N3O. The molecule has 0 amide bonds. The average molecular weight is 255 g/mol. The molecule has 0 aliphatic carbocycles. The lowest BCUT2D eigenvalue weighted by atomic mass is 10.1. The third-order valence-corrected chi connectivity index (χ3v) is 3.08. The minimum Gasteiger partial charge on any atom is -0.424 e. The number of fused-ring (bicyclic) bond motifs is 1. The Labute approximate surface area is 112 Å². The minimum atomic E-state index is 0.305. The summed E-state index contributed by atoms with van der Waals surface area (Å²) in [4.78, 5) is 4.26. The van der Waals surface area contributed by atoms with E-state index in [4.69, 9.17) is 4.42 Å². The summed E-state index contributed by atoms with van der Waals surface area (Å²) in [6, 6.07) is 9.15. The van der Waals surface area contributed by atoms with Gasteiger partial charge in [-0.05, 0) is 19.9 Å². The summed E-state index contributed by atoms with van der Waals surface area (Å²) in [6.07, 6.45) is 3.84. The van der Waals surface area contributed by atoms with Crippen LogP contribution in [-0.2, 0) is 7.05 Å². The normalized spacial score (nSPS) is 11.4. The standard InChI is InChI=1S/C15H17N3O/c1-10(2)17-15-16-8-14(19-15)12-9-18(3)13-7-5-4-6-11(12)13/h4-10H,1-3H3,(H,16,17). The molecule has 1 N–H and O–H groups in total. The van der Waals surface area contributed by atoms with Crippen molar-refractivity contribution in [1.82, 2.24) is 9.55 Å². The fourth-order valence-electron chi connectivity index (χ4n) is 2.25. The fraction of sp³-hybridized carbons (Fsp3) is 0.267. The molecule has 0 spiro atoms. The van der Waals surface area contributed by atoms with Crippen molar-refractivity contribution < 1.29 is 4.42 Å². The molecule has 98 valence electrons. The van der Waals surface area contributed by atoms with Crippen LogP contribution in [0.3, 0.4) is 0 Å². The Hall–Kier alpha value is -2.23. The van der Waals surface area contributed by atoms with Crippen LogP contribution < -0.4 is 5.32 Å². The van der Waals surface area contributed by atoms with Gasteiger partial charge in [-0.2, -0.15) is 0 Å². The monoisotopic (exact) mass is 255 g/mol. The zero-order valence-corrected chi connectivity index (χ0v) is 11.3. The van der Waals surface area contributed by atoms with E-state index in [0.717, 1.165) is 11.3 Å². The maximum Gasteiger partial charge on any atom is 0.295 e. The highest BCUT2D eigenvalue weighted by Crippen LogP contribution is 2.31. The molecule has 2 aromatic heterocycles. The molecule has 0 unspecified atom stereocenters. The zero-order chi connectivity index (χ0) is 13.4. The van der Waals surface area contributed by atoms with Crippen molar-refractivity contribution in [3.05, 3.63) is 36.7 Å². The number of oxazole rings is 1. The van der Waals surface area contributed by atoms with Gasteiger partial charge in [0.05, 0.1) is 6.20 Å². The first-order chi connectivity index (χ1) is 9.15. The largest absolute Gasteiger partial charge is 0.424 e. The molecule has 0 saturated heterocycles. The molecule has 1 aromatic carbocycles. The highest BCUT2D eigenvalue weighted by atomic mass is 16.4. The van der Waals surface area contributed by atoms with Crippen LogP contribution in [0, 0.1) is 0 Å². The van der Waals surface area contributed by atoms with E-state index in [0.29, 0.717) is 12.1 Å². The molecule has 0 aliphatic heterocycles. The third kappa shape index (κ3) is 2.10. The van der Waals surface area contributed by atoms with E-state index in [1.165, 1.54) is 10.9 Å². The molecule has 4 heteroatoms. The van der Waals surface area contributed by atoms with Gasteiger partial charge in [0, 0.05) is 35.8 Å². The van der Waals surface area contributed by atoms with E-state index in [1.807, 2.05) is 19.2 Å². The second-order valence-corrected chi connectivity index (χ2v) is 5.00. The lowest BCUT2D eigenvalue weighted by Crippen LogP contribution is -2.09. The Bertz CT molecular complexity index is 709. The first kappa shape index (κ1) is 11.8. The van der Waals surface area contributed by atoms with Gasteiger partial charge in [-0.3, -0.25) is 0 Å². The molecule has 3 aromatic rings. The molecule has 0 bridgehead atoms. The molecule has 0 fully saturated rings. The molecule has 3 rings (SSSR count). The number of aromatic nitrogens is 2. The van der Waals surface area contributed by atoms with Crippen LogP contribution in [0.25, 0.3) is 22.2 Å². The van der Waals surface area contributed by atoms with E-state index in [1.54, 1.807) is 6.20 Å². The van der Waals surface area contributed by atoms with Crippen LogP contribution in [0.15, 0.2) is 41.1 Å². The van der Waals surface area contributed by atoms with Gasteiger partial charge in [0.15, 0.2) is 5.76 Å². The Kier molecular flexibility index (Phi) is 2.78. The van der Waals surface area contributed by atoms with E-state index >= 15 is 0 Å². The van der Waals surface area contributed by atoms with Crippen LogP contribution in [0.5, 0.6) is 0 Å². The Balaban J connectivity index is 2.07. The summed E-state index contributed by atoms with van der Waals surface area (Å²) in [5.41, 5.74) is 2.26. The SMILES string of the molecule is CC(C)Nc1ncc(-c2cn(C)c3ccccc23)o1. The van der Waals surface area contributed by atoms with Crippen molar-refractivity contribution in [2.24, 2.45) is 7.05 Å². The quantitative estimate of drug-likeness (QED) is 0.776. The van der Waals surface area contributed by atoms with Crippen LogP contribution in [0.1, 0.15) is 13.8 Å². The number of anilines is 1. The van der Waals surface area contributed by atoms with Gasteiger partial charge in [-0.25, -0.2) is 4.98 Å². The van der Waals surface area contributed by atoms with E-state index in [9.17, 15) is 0 Å². The number of nitrogens with one attached hydrogen (secondary N) is 1. The Morgan fingerprint density at radius 3 is 2.84 bits per heavy atom. The summed E-state index contributed by atoms with van der Waals surface area (Å²) in [7, 11) is 2.04. The lowest BCUT2D eigenvalue weighted by Gasteiger charge is -2.03. The van der Waals surface area contributed by atoms with Crippen molar-refractivity contribution in [1.29, 1.82) is 0 Å². The molecule has 19 heavy (non-hydrogen) atoms. The van der Waals surface area contributed by atoms with Crippen molar-refractivity contribution in [3.8, 4) is 11.3 Å². The first-order valence-corrected chi connectivity index (χ1v) is 6.42. The molecule has 0 atom stereocenters. The number of aryl methyl sites for hydroxylation is 1. The molecule has 0 aliphatic rings. The van der Waals surface area contributed by atoms with Crippen LogP contribution in [0.4, 0.5) is 6.01 Å². The number of benzene rings is 1. The maximum atomic E-state index is 5.77. The van der Waals surface area contributed by atoms with Crippen LogP contribution >= 0.6 is 0 Å². The smallest absolute Gasteiger partial charge is 0.295 e. The van der Waals surface area contributed by atoms with Crippen molar-refractivity contribution in [2.75, 3.05) is 5.32 Å². The van der Waals surface area contributed by atoms with Crippen molar-refractivity contribution in [2.45, 2.75) is 19.9 Å². The average Bonchev–Trinajstić information content (AvgIpc) is 2.95. The summed E-state index contributed by atoms with van der Waals surface area (Å²) in [5, 5.41) is 4.34. The minimum absolute atomic E-state index is 0.305. The second kappa shape index (κ2) is 4.46. The van der Waals surface area contributed by atoms with Gasteiger partial charge in [0.2, 0.25) is 0 Å². The summed E-state index contributed by atoms with van der Waals surface area (Å²) < 4.78 is 7.87. The molecule has 4 nitrogen and oxygen atoms in total. The van der Waals surface area contributed by atoms with Gasteiger partial charge in [-0.15, -0.1) is 0 Å². The van der Waals surface area contributed by atoms with Gasteiger partial charge in [0.25, 0.3) is 6.01 Å². The maximum absolute atomic E-state index is 5.77. The van der Waals surface area contributed by atoms with Crippen molar-refractivity contribution in [3.63, 3.8) is 0 Å². The van der Waals surface area contributed by atoms with Crippen LogP contribution in [-0.4, -0.2) is 15.6 Å². The topological polar surface area (TPSA) is 43.0 Å². The van der Waals surface area contributed by atoms with E-state index in [-0.39, 0.29) is 0 Å². The Morgan fingerprint density at radius 1 is 1.26 bits per heavy atom. The Morgan fingerprint density at radius 2 is 2.05 bits per heavy atom. The predicted octanol–water partition coefficient (Wildman–Crippen LogP) is 3.65. The number of para-hydroxylation sites is 1. The number of hydrogen-bond donors (Lipinski definition) is 1. The lowest BCUT2D eigenvalue weighted by molar-refractivity contribution is 0.578. The third-order valence-electron chi connectivity index (χ3n) is 3.08. The number of nitrogens with zero attached hydrogens (tertiary/aromatic N) is 2. The first-order valence-electron chi connectivity index (χ1n) is 6.42. The number of rotatable bonds is 3. The van der Waals surface area contributed by atoms with Gasteiger partial charge >= 0.3 is 0 Å². The van der Waals surface area contributed by atoms with Gasteiger partial charge < -0.3 is 14.3 Å². The van der Waals surface area contributed by atoms with E-state index < -0.39 is 0 Å². The van der Waals surface area contributed by atoms with Crippen LogP contribution in [0.2, 0.25) is 0 Å². The van der Waals surface area contributed by atoms with Crippen molar-refractivity contribution >= 4 is 16.9 Å². The van der Waals surface area contributed by atoms with Gasteiger partial charge in [-0.1, -0.05) is 18.2 Å². The highest BCUT2D eigenvalue weighted by Gasteiger charge is 2.12. The van der Waals surface area contributed by atoms with Gasteiger partial charge in [0.1, 0.15) is 0 Å². The molecule has 0 radical (unpaired) electrons. The zero-order valence-electron chi connectivity index (χ0n) is 11.3.